The molecule has 1 N–H and O–H groups in total. The van der Waals surface area contributed by atoms with Gasteiger partial charge in [-0.05, 0) is 42.7 Å². The standard InChI is InChI=1S/C22H28N2O3/c1-4-19-15-27-13-12-24(19)14-17-8-10-18(11-9-17)22(25)23-21-16(2)6-5-7-20(21)26-3/h5-11,19H,4,12-15H2,1-3H3,(H,23,25)/t19-/m1/s1. The zero-order chi connectivity index (χ0) is 19.2. The fourth-order valence-corrected chi connectivity index (χ4v) is 3.43. The normalized spacial score (nSPS) is 17.5. The van der Waals surface area contributed by atoms with Gasteiger partial charge in [-0.3, -0.25) is 9.69 Å². The molecule has 2 aromatic rings. The van der Waals surface area contributed by atoms with Crippen molar-refractivity contribution >= 4 is 11.6 Å². The van der Waals surface area contributed by atoms with Crippen molar-refractivity contribution in [2.75, 3.05) is 32.2 Å². The van der Waals surface area contributed by atoms with Crippen LogP contribution in [-0.4, -0.2) is 43.7 Å². The number of nitrogens with one attached hydrogen (secondary N) is 1. The highest BCUT2D eigenvalue weighted by Crippen LogP contribution is 2.28. The Balaban J connectivity index is 1.67. The highest BCUT2D eigenvalue weighted by Gasteiger charge is 2.21. The maximum Gasteiger partial charge on any atom is 0.255 e. The van der Waals surface area contributed by atoms with Crippen LogP contribution in [0.4, 0.5) is 5.69 Å². The molecule has 0 spiro atoms. The summed E-state index contributed by atoms with van der Waals surface area (Å²) in [6.45, 7) is 7.57. The van der Waals surface area contributed by atoms with Gasteiger partial charge in [-0.1, -0.05) is 31.2 Å². The van der Waals surface area contributed by atoms with Crippen LogP contribution in [-0.2, 0) is 11.3 Å². The quantitative estimate of drug-likeness (QED) is 0.841. The number of aryl methyl sites for hydroxylation is 1. The van der Waals surface area contributed by atoms with Gasteiger partial charge < -0.3 is 14.8 Å². The fourth-order valence-electron chi connectivity index (χ4n) is 3.43. The van der Waals surface area contributed by atoms with Crippen LogP contribution in [0.15, 0.2) is 42.5 Å². The highest BCUT2D eigenvalue weighted by atomic mass is 16.5. The molecule has 2 aromatic carbocycles. The lowest BCUT2D eigenvalue weighted by molar-refractivity contribution is -0.0127. The summed E-state index contributed by atoms with van der Waals surface area (Å²) in [7, 11) is 1.61. The summed E-state index contributed by atoms with van der Waals surface area (Å²) in [6, 6.07) is 14.0. The summed E-state index contributed by atoms with van der Waals surface area (Å²) >= 11 is 0. The van der Waals surface area contributed by atoms with Gasteiger partial charge in [0.2, 0.25) is 0 Å². The predicted molar refractivity (Wildman–Crippen MR) is 107 cm³/mol. The zero-order valence-corrected chi connectivity index (χ0v) is 16.3. The van der Waals surface area contributed by atoms with E-state index in [4.69, 9.17) is 9.47 Å². The Morgan fingerprint density at radius 1 is 1.26 bits per heavy atom. The fraction of sp³-hybridized carbons (Fsp3) is 0.409. The summed E-state index contributed by atoms with van der Waals surface area (Å²) in [5.41, 5.74) is 3.53. The van der Waals surface area contributed by atoms with Gasteiger partial charge in [-0.2, -0.15) is 0 Å². The molecule has 0 aliphatic carbocycles. The van der Waals surface area contributed by atoms with E-state index in [2.05, 4.69) is 17.1 Å². The summed E-state index contributed by atoms with van der Waals surface area (Å²) in [4.78, 5) is 15.1. The smallest absolute Gasteiger partial charge is 0.255 e. The minimum Gasteiger partial charge on any atom is -0.495 e. The van der Waals surface area contributed by atoms with E-state index in [0.29, 0.717) is 23.0 Å². The van der Waals surface area contributed by atoms with E-state index in [9.17, 15) is 4.79 Å². The Kier molecular flexibility index (Phi) is 6.48. The maximum absolute atomic E-state index is 12.6. The van der Waals surface area contributed by atoms with Crippen molar-refractivity contribution in [1.29, 1.82) is 0 Å². The Bertz CT molecular complexity index is 774. The molecular formula is C22H28N2O3. The van der Waals surface area contributed by atoms with Crippen molar-refractivity contribution in [2.24, 2.45) is 0 Å². The summed E-state index contributed by atoms with van der Waals surface area (Å²) in [5.74, 6) is 0.532. The SMILES string of the molecule is CC[C@@H]1COCCN1Cc1ccc(C(=O)Nc2c(C)cccc2OC)cc1. The summed E-state index contributed by atoms with van der Waals surface area (Å²) in [5, 5.41) is 2.97. The molecular weight excluding hydrogens is 340 g/mol. The first-order valence-corrected chi connectivity index (χ1v) is 9.48. The second-order valence-corrected chi connectivity index (χ2v) is 6.91. The van der Waals surface area contributed by atoms with E-state index in [1.54, 1.807) is 7.11 Å². The van der Waals surface area contributed by atoms with Crippen LogP contribution in [0.1, 0.15) is 34.8 Å². The number of benzene rings is 2. The molecule has 0 unspecified atom stereocenters. The monoisotopic (exact) mass is 368 g/mol. The molecule has 0 bridgehead atoms. The van der Waals surface area contributed by atoms with E-state index in [0.717, 1.165) is 38.3 Å². The first-order valence-electron chi connectivity index (χ1n) is 9.48. The van der Waals surface area contributed by atoms with Gasteiger partial charge in [0.15, 0.2) is 0 Å². The molecule has 0 radical (unpaired) electrons. The number of hydrogen-bond donors (Lipinski definition) is 1. The molecule has 1 heterocycles. The topological polar surface area (TPSA) is 50.8 Å². The van der Waals surface area contributed by atoms with Crippen LogP contribution in [0.3, 0.4) is 0 Å². The van der Waals surface area contributed by atoms with Crippen molar-refractivity contribution in [3.8, 4) is 5.75 Å². The summed E-state index contributed by atoms with van der Waals surface area (Å²) in [6.07, 6.45) is 1.08. The van der Waals surface area contributed by atoms with E-state index in [-0.39, 0.29) is 5.91 Å². The number of hydrogen-bond acceptors (Lipinski definition) is 4. The second-order valence-electron chi connectivity index (χ2n) is 6.91. The molecule has 1 saturated heterocycles. The van der Waals surface area contributed by atoms with Gasteiger partial charge in [0.1, 0.15) is 5.75 Å². The second kappa shape index (κ2) is 9.02. The number of methoxy groups -OCH3 is 1. The number of para-hydroxylation sites is 1. The number of rotatable bonds is 6. The third-order valence-corrected chi connectivity index (χ3v) is 5.12. The van der Waals surface area contributed by atoms with Crippen LogP contribution < -0.4 is 10.1 Å². The van der Waals surface area contributed by atoms with Crippen molar-refractivity contribution < 1.29 is 14.3 Å². The number of carbonyl (C=O) groups is 1. The average molecular weight is 368 g/mol. The molecule has 1 amide bonds. The molecule has 3 rings (SSSR count). The number of ether oxygens (including phenoxy) is 2. The lowest BCUT2D eigenvalue weighted by Gasteiger charge is -2.35. The maximum atomic E-state index is 12.6. The molecule has 27 heavy (non-hydrogen) atoms. The third-order valence-electron chi connectivity index (χ3n) is 5.12. The molecule has 0 aromatic heterocycles. The van der Waals surface area contributed by atoms with Crippen molar-refractivity contribution in [3.05, 3.63) is 59.2 Å². The molecule has 5 nitrogen and oxygen atoms in total. The van der Waals surface area contributed by atoms with E-state index < -0.39 is 0 Å². The zero-order valence-electron chi connectivity index (χ0n) is 16.3. The number of nitrogens with zero attached hydrogens (tertiary/aromatic N) is 1. The van der Waals surface area contributed by atoms with Crippen molar-refractivity contribution in [3.63, 3.8) is 0 Å². The van der Waals surface area contributed by atoms with Crippen LogP contribution in [0, 0.1) is 6.92 Å². The number of morpholine rings is 1. The molecule has 144 valence electrons. The van der Waals surface area contributed by atoms with Crippen molar-refractivity contribution in [2.45, 2.75) is 32.9 Å². The molecule has 1 aliphatic heterocycles. The third kappa shape index (κ3) is 4.67. The van der Waals surface area contributed by atoms with Gasteiger partial charge in [0.05, 0.1) is 26.0 Å². The predicted octanol–water partition coefficient (Wildman–Crippen LogP) is 3.87. The largest absolute Gasteiger partial charge is 0.495 e. The number of amides is 1. The first kappa shape index (κ1) is 19.4. The Hall–Kier alpha value is -2.37. The minimum absolute atomic E-state index is 0.132. The van der Waals surface area contributed by atoms with Gasteiger partial charge in [-0.25, -0.2) is 0 Å². The molecule has 1 atom stereocenters. The number of anilines is 1. The molecule has 1 aliphatic rings. The van der Waals surface area contributed by atoms with Gasteiger partial charge in [0, 0.05) is 24.7 Å². The molecule has 5 heteroatoms. The Morgan fingerprint density at radius 3 is 2.74 bits per heavy atom. The Labute approximate surface area is 161 Å². The first-order chi connectivity index (χ1) is 13.1. The molecule has 0 saturated carbocycles. The van der Waals surface area contributed by atoms with E-state index >= 15 is 0 Å². The van der Waals surface area contributed by atoms with Crippen LogP contribution in [0.25, 0.3) is 0 Å². The number of carbonyl (C=O) groups excluding carboxylic acids is 1. The van der Waals surface area contributed by atoms with Gasteiger partial charge >= 0.3 is 0 Å². The highest BCUT2D eigenvalue weighted by molar-refractivity contribution is 6.05. The lowest BCUT2D eigenvalue weighted by atomic mass is 10.1. The van der Waals surface area contributed by atoms with Crippen LogP contribution >= 0.6 is 0 Å². The van der Waals surface area contributed by atoms with Crippen LogP contribution in [0.2, 0.25) is 0 Å². The molecule has 1 fully saturated rings. The minimum atomic E-state index is -0.132. The van der Waals surface area contributed by atoms with E-state index in [1.165, 1.54) is 5.56 Å². The average Bonchev–Trinajstić information content (AvgIpc) is 2.70. The van der Waals surface area contributed by atoms with Gasteiger partial charge in [0.25, 0.3) is 5.91 Å². The Morgan fingerprint density at radius 2 is 2.04 bits per heavy atom. The van der Waals surface area contributed by atoms with Gasteiger partial charge in [-0.15, -0.1) is 0 Å². The summed E-state index contributed by atoms with van der Waals surface area (Å²) < 4.78 is 10.9. The van der Waals surface area contributed by atoms with Crippen LogP contribution in [0.5, 0.6) is 5.75 Å². The van der Waals surface area contributed by atoms with E-state index in [1.807, 2.05) is 49.4 Å². The lowest BCUT2D eigenvalue weighted by Crippen LogP contribution is -2.44. The van der Waals surface area contributed by atoms with Crippen molar-refractivity contribution in [1.82, 2.24) is 4.90 Å².